The van der Waals surface area contributed by atoms with Gasteiger partial charge in [0.1, 0.15) is 17.9 Å². The van der Waals surface area contributed by atoms with Crippen molar-refractivity contribution in [2.45, 2.75) is 51.5 Å². The average molecular weight is 366 g/mol. The number of hydrogen-bond acceptors (Lipinski definition) is 4. The number of rotatable bonds is 5. The third-order valence-electron chi connectivity index (χ3n) is 4.01. The van der Waals surface area contributed by atoms with Gasteiger partial charge in [0.25, 0.3) is 0 Å². The first-order valence-electron chi connectivity index (χ1n) is 8.78. The van der Waals surface area contributed by atoms with Crippen LogP contribution in [0.25, 0.3) is 0 Å². The van der Waals surface area contributed by atoms with E-state index in [2.05, 4.69) is 5.32 Å². The number of hydrogen-bond donors (Lipinski definition) is 1. The molecule has 0 aliphatic carbocycles. The van der Waals surface area contributed by atoms with Crippen molar-refractivity contribution in [2.24, 2.45) is 0 Å². The summed E-state index contributed by atoms with van der Waals surface area (Å²) in [5.74, 6) is 0. The Bertz CT molecular complexity index is 618. The molecule has 1 fully saturated rings. The van der Waals surface area contributed by atoms with Crippen LogP contribution in [0.4, 0.5) is 14.0 Å². The Balaban J connectivity index is 1.72. The lowest BCUT2D eigenvalue weighted by atomic mass is 10.0. The summed E-state index contributed by atoms with van der Waals surface area (Å²) in [5.41, 5.74) is -1.24. The zero-order valence-corrected chi connectivity index (χ0v) is 15.6. The Morgan fingerprint density at radius 2 is 1.96 bits per heavy atom. The molecule has 0 bridgehead atoms. The molecule has 1 aliphatic heterocycles. The lowest BCUT2D eigenvalue weighted by Crippen LogP contribution is -2.38. The molecule has 1 atom stereocenters. The van der Waals surface area contributed by atoms with Gasteiger partial charge in [-0.3, -0.25) is 0 Å². The third-order valence-corrected chi connectivity index (χ3v) is 4.01. The summed E-state index contributed by atoms with van der Waals surface area (Å²) in [7, 11) is 0. The first-order valence-corrected chi connectivity index (χ1v) is 8.78. The fourth-order valence-electron chi connectivity index (χ4n) is 2.71. The second-order valence-electron chi connectivity index (χ2n) is 7.54. The Labute approximate surface area is 153 Å². The number of carbonyl (C=O) groups excluding carboxylic acids is 2. The minimum Gasteiger partial charge on any atom is -0.445 e. The summed E-state index contributed by atoms with van der Waals surface area (Å²) < 4.78 is 25.2. The molecule has 2 amide bonds. The number of likely N-dealkylation sites (tertiary alicyclic amines) is 1. The van der Waals surface area contributed by atoms with E-state index < -0.39 is 23.5 Å². The molecule has 0 spiro atoms. The molecule has 1 unspecified atom stereocenters. The normalized spacial score (nSPS) is 19.9. The maximum Gasteiger partial charge on any atom is 0.410 e. The van der Waals surface area contributed by atoms with Crippen LogP contribution in [-0.2, 0) is 16.1 Å². The first-order chi connectivity index (χ1) is 12.2. The number of carbonyl (C=O) groups is 2. The van der Waals surface area contributed by atoms with Crippen LogP contribution in [-0.4, -0.2) is 48.0 Å². The molecule has 0 saturated carbocycles. The average Bonchev–Trinajstić information content (AvgIpc) is 2.94. The van der Waals surface area contributed by atoms with Gasteiger partial charge in [0.2, 0.25) is 0 Å². The van der Waals surface area contributed by atoms with Crippen LogP contribution in [0.3, 0.4) is 0 Å². The fourth-order valence-corrected chi connectivity index (χ4v) is 2.71. The summed E-state index contributed by atoms with van der Waals surface area (Å²) in [4.78, 5) is 25.1. The number of alkyl halides is 1. The maximum absolute atomic E-state index is 14.8. The van der Waals surface area contributed by atoms with Crippen LogP contribution in [0.2, 0.25) is 0 Å². The van der Waals surface area contributed by atoms with Gasteiger partial charge >= 0.3 is 12.2 Å². The number of alkyl carbamates (subject to hydrolysis) is 1. The van der Waals surface area contributed by atoms with Crippen molar-refractivity contribution in [2.75, 3.05) is 19.6 Å². The molecular formula is C19H27FN2O4. The second kappa shape index (κ2) is 8.38. The number of ether oxygens (including phenoxy) is 2. The van der Waals surface area contributed by atoms with E-state index in [0.717, 1.165) is 5.56 Å². The smallest absolute Gasteiger partial charge is 0.410 e. The van der Waals surface area contributed by atoms with Gasteiger partial charge in [0, 0.05) is 25.9 Å². The molecule has 1 N–H and O–H groups in total. The summed E-state index contributed by atoms with van der Waals surface area (Å²) in [6, 6.07) is 9.33. The number of halogens is 1. The van der Waals surface area contributed by atoms with Gasteiger partial charge in [-0.05, 0) is 26.3 Å². The van der Waals surface area contributed by atoms with Gasteiger partial charge in [-0.15, -0.1) is 0 Å². The minimum atomic E-state index is -1.53. The van der Waals surface area contributed by atoms with Gasteiger partial charge in [0.05, 0.1) is 6.54 Å². The van der Waals surface area contributed by atoms with Crippen molar-refractivity contribution < 1.29 is 23.5 Å². The number of nitrogens with zero attached hydrogens (tertiary/aromatic N) is 1. The van der Waals surface area contributed by atoms with E-state index in [0.29, 0.717) is 6.54 Å². The molecule has 1 aromatic rings. The molecule has 0 radical (unpaired) electrons. The third kappa shape index (κ3) is 6.54. The summed E-state index contributed by atoms with van der Waals surface area (Å²) >= 11 is 0. The van der Waals surface area contributed by atoms with Gasteiger partial charge in [-0.2, -0.15) is 0 Å². The predicted molar refractivity (Wildman–Crippen MR) is 95.5 cm³/mol. The van der Waals surface area contributed by atoms with Gasteiger partial charge in [-0.1, -0.05) is 30.3 Å². The van der Waals surface area contributed by atoms with Crippen molar-refractivity contribution in [3.63, 3.8) is 0 Å². The van der Waals surface area contributed by atoms with E-state index in [-0.39, 0.29) is 32.5 Å². The van der Waals surface area contributed by atoms with E-state index in [1.54, 1.807) is 20.8 Å². The molecule has 0 aromatic heterocycles. The Hall–Kier alpha value is -2.31. The van der Waals surface area contributed by atoms with E-state index in [1.165, 1.54) is 4.90 Å². The van der Waals surface area contributed by atoms with Crippen molar-refractivity contribution in [1.82, 2.24) is 10.2 Å². The van der Waals surface area contributed by atoms with Crippen LogP contribution in [0.5, 0.6) is 0 Å². The minimum absolute atomic E-state index is 0.0311. The van der Waals surface area contributed by atoms with E-state index >= 15 is 0 Å². The van der Waals surface area contributed by atoms with Crippen LogP contribution in [0, 0.1) is 0 Å². The zero-order chi connectivity index (χ0) is 19.2. The number of benzene rings is 1. The number of nitrogens with one attached hydrogen (secondary N) is 1. The summed E-state index contributed by atoms with van der Waals surface area (Å²) in [6.07, 6.45) is -0.746. The summed E-state index contributed by atoms with van der Waals surface area (Å²) in [5, 5.41) is 2.55. The summed E-state index contributed by atoms with van der Waals surface area (Å²) in [6.45, 7) is 5.87. The molecule has 7 heteroatoms. The Morgan fingerprint density at radius 3 is 2.62 bits per heavy atom. The molecule has 144 valence electrons. The SMILES string of the molecule is CC(C)(C)OC(=O)NCCC1(F)CCN(C(=O)OCc2ccccc2)C1. The van der Waals surface area contributed by atoms with E-state index in [9.17, 15) is 14.0 Å². The van der Waals surface area contributed by atoms with Crippen molar-refractivity contribution in [3.8, 4) is 0 Å². The second-order valence-corrected chi connectivity index (χ2v) is 7.54. The maximum atomic E-state index is 14.8. The Morgan fingerprint density at radius 1 is 1.27 bits per heavy atom. The highest BCUT2D eigenvalue weighted by Gasteiger charge is 2.40. The van der Waals surface area contributed by atoms with Crippen LogP contribution in [0.15, 0.2) is 30.3 Å². The van der Waals surface area contributed by atoms with Crippen molar-refractivity contribution >= 4 is 12.2 Å². The molecule has 26 heavy (non-hydrogen) atoms. The molecule has 1 aromatic carbocycles. The Kier molecular flexibility index (Phi) is 6.45. The molecule has 1 heterocycles. The predicted octanol–water partition coefficient (Wildman–Crippen LogP) is 3.65. The quantitative estimate of drug-likeness (QED) is 0.864. The fraction of sp³-hybridized carbons (Fsp3) is 0.579. The van der Waals surface area contributed by atoms with Gasteiger partial charge in [-0.25, -0.2) is 14.0 Å². The zero-order valence-electron chi connectivity index (χ0n) is 15.6. The molecule has 2 rings (SSSR count). The molecule has 1 saturated heterocycles. The topological polar surface area (TPSA) is 67.9 Å². The lowest BCUT2D eigenvalue weighted by Gasteiger charge is -2.22. The highest BCUT2D eigenvalue weighted by Crippen LogP contribution is 2.29. The van der Waals surface area contributed by atoms with Crippen LogP contribution in [0.1, 0.15) is 39.2 Å². The van der Waals surface area contributed by atoms with E-state index in [4.69, 9.17) is 9.47 Å². The van der Waals surface area contributed by atoms with Crippen LogP contribution < -0.4 is 5.32 Å². The standard InChI is InChI=1S/C19H27FN2O4/c1-18(2,3)26-16(23)21-11-9-19(20)10-12-22(14-19)17(24)25-13-15-7-5-4-6-8-15/h4-8H,9-14H2,1-3H3,(H,21,23). The van der Waals surface area contributed by atoms with E-state index in [1.807, 2.05) is 30.3 Å². The highest BCUT2D eigenvalue weighted by atomic mass is 19.1. The molecule has 6 nitrogen and oxygen atoms in total. The monoisotopic (exact) mass is 366 g/mol. The van der Waals surface area contributed by atoms with Crippen LogP contribution >= 0.6 is 0 Å². The van der Waals surface area contributed by atoms with Crippen molar-refractivity contribution in [3.05, 3.63) is 35.9 Å². The van der Waals surface area contributed by atoms with Crippen molar-refractivity contribution in [1.29, 1.82) is 0 Å². The molecular weight excluding hydrogens is 339 g/mol. The van der Waals surface area contributed by atoms with Gasteiger partial charge in [0.15, 0.2) is 0 Å². The first kappa shape index (κ1) is 20.0. The largest absolute Gasteiger partial charge is 0.445 e. The van der Waals surface area contributed by atoms with Gasteiger partial charge < -0.3 is 19.7 Å². The highest BCUT2D eigenvalue weighted by molar-refractivity contribution is 5.68. The number of amides is 2. The lowest BCUT2D eigenvalue weighted by molar-refractivity contribution is 0.0512. The molecule has 1 aliphatic rings.